The first-order chi connectivity index (χ1) is 11.7. The number of aromatic nitrogens is 2. The third-order valence-corrected chi connectivity index (χ3v) is 5.27. The van der Waals surface area contributed by atoms with Crippen LogP contribution < -0.4 is 4.90 Å². The van der Waals surface area contributed by atoms with Gasteiger partial charge in [-0.1, -0.05) is 30.3 Å². The number of hydrogen-bond donors (Lipinski definition) is 0. The van der Waals surface area contributed by atoms with E-state index in [9.17, 15) is 0 Å². The van der Waals surface area contributed by atoms with Crippen LogP contribution in [0.5, 0.6) is 0 Å². The molecule has 0 aliphatic carbocycles. The fourth-order valence-electron chi connectivity index (χ4n) is 3.84. The summed E-state index contributed by atoms with van der Waals surface area (Å²) in [5.41, 5.74) is 6.77. The smallest absolute Gasteiger partial charge is 0.153 e. The molecule has 3 aromatic rings. The summed E-state index contributed by atoms with van der Waals surface area (Å²) in [5, 5.41) is 1.30. The van der Waals surface area contributed by atoms with Crippen LogP contribution in [0.2, 0.25) is 0 Å². The highest BCUT2D eigenvalue weighted by Gasteiger charge is 2.22. The van der Waals surface area contributed by atoms with E-state index in [1.165, 1.54) is 33.3 Å². The van der Waals surface area contributed by atoms with Crippen molar-refractivity contribution in [1.29, 1.82) is 0 Å². The molecule has 0 saturated heterocycles. The number of anilines is 1. The molecular formula is C21H24BrN3. The third-order valence-electron chi connectivity index (χ3n) is 5.27. The number of halogens is 1. The lowest BCUT2D eigenvalue weighted by molar-refractivity contribution is 0.718. The van der Waals surface area contributed by atoms with Crippen LogP contribution >= 0.6 is 17.0 Å². The molecule has 1 aliphatic rings. The van der Waals surface area contributed by atoms with Gasteiger partial charge in [0.15, 0.2) is 5.82 Å². The average Bonchev–Trinajstić information content (AvgIpc) is 2.87. The van der Waals surface area contributed by atoms with E-state index < -0.39 is 0 Å². The average molecular weight is 398 g/mol. The molecule has 0 amide bonds. The van der Waals surface area contributed by atoms with Crippen molar-refractivity contribution in [2.45, 2.75) is 33.4 Å². The van der Waals surface area contributed by atoms with Crippen LogP contribution in [0.15, 0.2) is 49.2 Å². The fourth-order valence-corrected chi connectivity index (χ4v) is 3.84. The topological polar surface area (TPSA) is 21.1 Å². The SMILES string of the molecule is Br.C=CCn1c(C)c(C)c2ccnc(N3CCc4ccccc4C3)c21. The second-order valence-corrected chi connectivity index (χ2v) is 6.58. The molecule has 0 atom stereocenters. The van der Waals surface area contributed by atoms with Gasteiger partial charge in [-0.15, -0.1) is 23.6 Å². The van der Waals surface area contributed by atoms with E-state index in [0.717, 1.165) is 31.9 Å². The number of aryl methyl sites for hydroxylation is 1. The number of allylic oxidation sites excluding steroid dienone is 1. The van der Waals surface area contributed by atoms with Gasteiger partial charge in [0.1, 0.15) is 0 Å². The van der Waals surface area contributed by atoms with Crippen LogP contribution in [0.3, 0.4) is 0 Å². The Morgan fingerprint density at radius 2 is 1.92 bits per heavy atom. The lowest BCUT2D eigenvalue weighted by Crippen LogP contribution is -2.31. The lowest BCUT2D eigenvalue weighted by Gasteiger charge is -2.30. The van der Waals surface area contributed by atoms with Crippen LogP contribution in [0.25, 0.3) is 10.9 Å². The molecule has 3 nitrogen and oxygen atoms in total. The zero-order valence-electron chi connectivity index (χ0n) is 14.8. The van der Waals surface area contributed by atoms with E-state index >= 15 is 0 Å². The van der Waals surface area contributed by atoms with Crippen LogP contribution in [-0.2, 0) is 19.5 Å². The number of nitrogens with zero attached hydrogens (tertiary/aromatic N) is 3. The van der Waals surface area contributed by atoms with E-state index in [1.54, 1.807) is 0 Å². The van der Waals surface area contributed by atoms with Gasteiger partial charge < -0.3 is 9.47 Å². The molecular weight excluding hydrogens is 374 g/mol. The van der Waals surface area contributed by atoms with Crippen LogP contribution in [0.1, 0.15) is 22.4 Å². The molecule has 0 spiro atoms. The molecule has 4 rings (SSSR count). The van der Waals surface area contributed by atoms with Gasteiger partial charge in [-0.05, 0) is 43.0 Å². The molecule has 0 radical (unpaired) electrons. The number of benzene rings is 1. The van der Waals surface area contributed by atoms with Gasteiger partial charge >= 0.3 is 0 Å². The predicted octanol–water partition coefficient (Wildman–Crippen LogP) is 4.98. The van der Waals surface area contributed by atoms with Crippen molar-refractivity contribution < 1.29 is 0 Å². The largest absolute Gasteiger partial charge is 0.350 e. The molecule has 0 saturated carbocycles. The maximum Gasteiger partial charge on any atom is 0.153 e. The summed E-state index contributed by atoms with van der Waals surface area (Å²) >= 11 is 0. The van der Waals surface area contributed by atoms with Crippen LogP contribution in [-0.4, -0.2) is 16.1 Å². The normalized spacial score (nSPS) is 13.4. The summed E-state index contributed by atoms with van der Waals surface area (Å²) < 4.78 is 2.35. The van der Waals surface area contributed by atoms with Crippen LogP contribution in [0.4, 0.5) is 5.82 Å². The third kappa shape index (κ3) is 2.89. The standard InChI is InChI=1S/C21H23N3.BrH/c1-4-12-24-16(3)15(2)19-9-11-22-21(20(19)24)23-13-10-17-7-5-6-8-18(17)14-23;/h4-9,11H,1,10,12-14H2,2-3H3;1H. The first-order valence-corrected chi connectivity index (χ1v) is 8.57. The Balaban J connectivity index is 0.00000182. The van der Waals surface area contributed by atoms with Crippen LogP contribution in [0, 0.1) is 13.8 Å². The van der Waals surface area contributed by atoms with E-state index in [-0.39, 0.29) is 17.0 Å². The first kappa shape index (κ1) is 17.7. The van der Waals surface area contributed by atoms with Gasteiger partial charge in [-0.25, -0.2) is 4.98 Å². The van der Waals surface area contributed by atoms with Crippen molar-refractivity contribution in [1.82, 2.24) is 9.55 Å². The summed E-state index contributed by atoms with van der Waals surface area (Å²) in [6.07, 6.45) is 4.99. The predicted molar refractivity (Wildman–Crippen MR) is 111 cm³/mol. The van der Waals surface area contributed by atoms with Crippen molar-refractivity contribution in [2.75, 3.05) is 11.4 Å². The second kappa shape index (κ2) is 7.04. The zero-order chi connectivity index (χ0) is 16.7. The quantitative estimate of drug-likeness (QED) is 0.581. The molecule has 3 heterocycles. The molecule has 25 heavy (non-hydrogen) atoms. The molecule has 1 aromatic carbocycles. The minimum absolute atomic E-state index is 0. The van der Waals surface area contributed by atoms with Gasteiger partial charge in [0.2, 0.25) is 0 Å². The fraction of sp³-hybridized carbons (Fsp3) is 0.286. The Morgan fingerprint density at radius 3 is 2.68 bits per heavy atom. The first-order valence-electron chi connectivity index (χ1n) is 8.57. The molecule has 4 heteroatoms. The number of hydrogen-bond acceptors (Lipinski definition) is 2. The molecule has 2 aromatic heterocycles. The van der Waals surface area contributed by atoms with Crippen molar-refractivity contribution in [3.8, 4) is 0 Å². The van der Waals surface area contributed by atoms with E-state index in [2.05, 4.69) is 60.2 Å². The Labute approximate surface area is 159 Å². The molecule has 0 fully saturated rings. The molecule has 0 N–H and O–H groups in total. The van der Waals surface area contributed by atoms with Crippen molar-refractivity contribution in [3.05, 3.63) is 71.6 Å². The second-order valence-electron chi connectivity index (χ2n) is 6.58. The minimum Gasteiger partial charge on any atom is -0.350 e. The van der Waals surface area contributed by atoms with Gasteiger partial charge in [0.05, 0.1) is 5.52 Å². The van der Waals surface area contributed by atoms with Gasteiger partial charge in [0.25, 0.3) is 0 Å². The molecule has 0 unspecified atom stereocenters. The maximum atomic E-state index is 4.77. The number of pyridine rings is 1. The molecule has 0 bridgehead atoms. The molecule has 1 aliphatic heterocycles. The number of rotatable bonds is 3. The molecule has 130 valence electrons. The van der Waals surface area contributed by atoms with Crippen molar-refractivity contribution in [3.63, 3.8) is 0 Å². The summed E-state index contributed by atoms with van der Waals surface area (Å²) in [4.78, 5) is 7.19. The highest BCUT2D eigenvalue weighted by atomic mass is 79.9. The Bertz CT molecular complexity index is 926. The minimum atomic E-state index is 0. The highest BCUT2D eigenvalue weighted by Crippen LogP contribution is 2.33. The number of fused-ring (bicyclic) bond motifs is 2. The Kier molecular flexibility index (Phi) is 5.00. The highest BCUT2D eigenvalue weighted by molar-refractivity contribution is 8.93. The maximum absolute atomic E-state index is 4.77. The van der Waals surface area contributed by atoms with Crippen molar-refractivity contribution >= 4 is 33.7 Å². The summed E-state index contributed by atoms with van der Waals surface area (Å²) in [6.45, 7) is 11.1. The van der Waals surface area contributed by atoms with E-state index in [1.807, 2.05) is 12.3 Å². The van der Waals surface area contributed by atoms with Gasteiger partial charge in [-0.2, -0.15) is 0 Å². The summed E-state index contributed by atoms with van der Waals surface area (Å²) in [5.74, 6) is 1.10. The summed E-state index contributed by atoms with van der Waals surface area (Å²) in [6, 6.07) is 10.9. The lowest BCUT2D eigenvalue weighted by atomic mass is 10.00. The Morgan fingerprint density at radius 1 is 1.16 bits per heavy atom. The summed E-state index contributed by atoms with van der Waals surface area (Å²) in [7, 11) is 0. The van der Waals surface area contributed by atoms with E-state index in [0.29, 0.717) is 0 Å². The monoisotopic (exact) mass is 397 g/mol. The zero-order valence-corrected chi connectivity index (χ0v) is 16.5. The van der Waals surface area contributed by atoms with Gasteiger partial charge in [0, 0.05) is 36.9 Å². The van der Waals surface area contributed by atoms with E-state index in [4.69, 9.17) is 4.98 Å². The van der Waals surface area contributed by atoms with Crippen molar-refractivity contribution in [2.24, 2.45) is 0 Å². The Hall–Kier alpha value is -2.07. The van der Waals surface area contributed by atoms with Gasteiger partial charge in [-0.3, -0.25) is 0 Å².